The molecule has 1 aliphatic heterocycles. The highest BCUT2D eigenvalue weighted by Crippen LogP contribution is 2.24. The third-order valence-electron chi connectivity index (χ3n) is 2.62. The van der Waals surface area contributed by atoms with Gasteiger partial charge in [0.05, 0.1) is 0 Å². The van der Waals surface area contributed by atoms with Crippen LogP contribution >= 0.6 is 0 Å². The van der Waals surface area contributed by atoms with E-state index < -0.39 is 0 Å². The summed E-state index contributed by atoms with van der Waals surface area (Å²) >= 11 is 0. The minimum absolute atomic E-state index is 0.690. The number of rotatable bonds is 1. The van der Waals surface area contributed by atoms with Gasteiger partial charge in [-0.2, -0.15) is 0 Å². The minimum atomic E-state index is 0.690. The summed E-state index contributed by atoms with van der Waals surface area (Å²) in [6, 6.07) is 11.5. The van der Waals surface area contributed by atoms with Gasteiger partial charge in [0, 0.05) is 12.6 Å². The summed E-state index contributed by atoms with van der Waals surface area (Å²) < 4.78 is 0. The minimum Gasteiger partial charge on any atom is -0.314 e. The van der Waals surface area contributed by atoms with Crippen LogP contribution in [0.3, 0.4) is 0 Å². The van der Waals surface area contributed by atoms with Crippen LogP contribution in [0.2, 0.25) is 0 Å². The second-order valence-electron chi connectivity index (χ2n) is 3.65. The zero-order valence-electron chi connectivity index (χ0n) is 7.46. The molecule has 12 heavy (non-hydrogen) atoms. The number of hydrogen-bond acceptors (Lipinski definition) is 1. The normalized spacial score (nSPS) is 29.1. The number of benzene rings is 1. The fraction of sp³-hybridized carbons (Fsp3) is 0.455. The van der Waals surface area contributed by atoms with Gasteiger partial charge in [0.25, 0.3) is 0 Å². The molecule has 1 aromatic carbocycles. The van der Waals surface area contributed by atoms with Gasteiger partial charge in [-0.3, -0.25) is 0 Å². The summed E-state index contributed by atoms with van der Waals surface area (Å²) in [6.45, 7) is 3.40. The van der Waals surface area contributed by atoms with Crippen molar-refractivity contribution in [2.45, 2.75) is 25.3 Å². The first-order chi connectivity index (χ1) is 5.86. The molecule has 0 saturated carbocycles. The maximum Gasteiger partial charge on any atom is 0.00452 e. The predicted molar refractivity (Wildman–Crippen MR) is 51.3 cm³/mol. The van der Waals surface area contributed by atoms with E-state index >= 15 is 0 Å². The summed E-state index contributed by atoms with van der Waals surface area (Å²) in [6.07, 6.45) is 1.28. The quantitative estimate of drug-likeness (QED) is 0.665. The molecule has 1 aromatic rings. The molecule has 1 N–H and O–H groups in total. The third-order valence-corrected chi connectivity index (χ3v) is 2.62. The van der Waals surface area contributed by atoms with Gasteiger partial charge in [0.15, 0.2) is 0 Å². The molecule has 0 aliphatic carbocycles. The molecule has 1 heterocycles. The highest BCUT2D eigenvalue weighted by molar-refractivity contribution is 5.21. The first kappa shape index (κ1) is 7.81. The lowest BCUT2D eigenvalue weighted by atomic mass is 9.97. The fourth-order valence-electron chi connectivity index (χ4n) is 1.92. The Labute approximate surface area is 73.8 Å². The highest BCUT2D eigenvalue weighted by atomic mass is 14.9. The van der Waals surface area contributed by atoms with E-state index in [1.165, 1.54) is 12.0 Å². The first-order valence-electron chi connectivity index (χ1n) is 4.64. The van der Waals surface area contributed by atoms with Crippen LogP contribution in [0.15, 0.2) is 30.3 Å². The summed E-state index contributed by atoms with van der Waals surface area (Å²) in [5.41, 5.74) is 1.48. The first-order valence-corrected chi connectivity index (χ1v) is 4.64. The zero-order valence-corrected chi connectivity index (χ0v) is 7.46. The zero-order chi connectivity index (χ0) is 8.39. The molecule has 2 rings (SSSR count). The van der Waals surface area contributed by atoms with Crippen molar-refractivity contribution in [3.63, 3.8) is 0 Å². The maximum atomic E-state index is 3.47. The van der Waals surface area contributed by atoms with E-state index in [1.807, 2.05) is 0 Å². The molecular weight excluding hydrogens is 146 g/mol. The number of hydrogen-bond donors (Lipinski definition) is 1. The monoisotopic (exact) mass is 161 g/mol. The van der Waals surface area contributed by atoms with Crippen LogP contribution in [0.25, 0.3) is 0 Å². The van der Waals surface area contributed by atoms with Crippen LogP contribution in [0, 0.1) is 0 Å². The van der Waals surface area contributed by atoms with E-state index in [-0.39, 0.29) is 0 Å². The van der Waals surface area contributed by atoms with Crippen LogP contribution in [-0.2, 0) is 0 Å². The molecule has 0 bridgehead atoms. The Morgan fingerprint density at radius 1 is 1.25 bits per heavy atom. The standard InChI is InChI=1S/C11H15N/c1-9-7-11(8-12-9)10-5-3-2-4-6-10/h2-6,9,11-12H,7-8H2,1H3/t9?,11-/m0/s1. The van der Waals surface area contributed by atoms with Gasteiger partial charge < -0.3 is 5.32 Å². The van der Waals surface area contributed by atoms with Crippen molar-refractivity contribution in [1.82, 2.24) is 5.32 Å². The summed E-state index contributed by atoms with van der Waals surface area (Å²) in [7, 11) is 0. The Balaban J connectivity index is 2.11. The molecule has 1 fully saturated rings. The Morgan fingerprint density at radius 2 is 2.00 bits per heavy atom. The van der Waals surface area contributed by atoms with E-state index in [0.29, 0.717) is 6.04 Å². The van der Waals surface area contributed by atoms with Crippen molar-refractivity contribution in [3.8, 4) is 0 Å². The molecule has 2 atom stereocenters. The van der Waals surface area contributed by atoms with Gasteiger partial charge >= 0.3 is 0 Å². The summed E-state index contributed by atoms with van der Waals surface area (Å²) in [5, 5.41) is 3.47. The molecular formula is C11H15N. The van der Waals surface area contributed by atoms with Gasteiger partial charge in [-0.15, -0.1) is 0 Å². The van der Waals surface area contributed by atoms with Crippen LogP contribution in [0.4, 0.5) is 0 Å². The van der Waals surface area contributed by atoms with Gasteiger partial charge in [-0.05, 0) is 24.8 Å². The van der Waals surface area contributed by atoms with E-state index in [9.17, 15) is 0 Å². The lowest BCUT2D eigenvalue weighted by Crippen LogP contribution is -2.16. The molecule has 1 saturated heterocycles. The van der Waals surface area contributed by atoms with Gasteiger partial charge in [-0.1, -0.05) is 30.3 Å². The maximum absolute atomic E-state index is 3.47. The molecule has 1 nitrogen and oxygen atoms in total. The van der Waals surface area contributed by atoms with Crippen molar-refractivity contribution in [2.24, 2.45) is 0 Å². The van der Waals surface area contributed by atoms with E-state index in [2.05, 4.69) is 42.6 Å². The van der Waals surface area contributed by atoms with Crippen molar-refractivity contribution >= 4 is 0 Å². The smallest absolute Gasteiger partial charge is 0.00452 e. The Morgan fingerprint density at radius 3 is 2.58 bits per heavy atom. The van der Waals surface area contributed by atoms with Crippen LogP contribution in [0.1, 0.15) is 24.8 Å². The van der Waals surface area contributed by atoms with Crippen molar-refractivity contribution in [2.75, 3.05) is 6.54 Å². The van der Waals surface area contributed by atoms with Crippen molar-refractivity contribution < 1.29 is 0 Å². The van der Waals surface area contributed by atoms with E-state index in [1.54, 1.807) is 0 Å². The largest absolute Gasteiger partial charge is 0.314 e. The van der Waals surface area contributed by atoms with Gasteiger partial charge in [-0.25, -0.2) is 0 Å². The Kier molecular flexibility index (Phi) is 2.13. The molecule has 64 valence electrons. The van der Waals surface area contributed by atoms with E-state index in [4.69, 9.17) is 0 Å². The van der Waals surface area contributed by atoms with Crippen molar-refractivity contribution in [3.05, 3.63) is 35.9 Å². The number of nitrogens with one attached hydrogen (secondary N) is 1. The fourth-order valence-corrected chi connectivity index (χ4v) is 1.92. The summed E-state index contributed by atoms with van der Waals surface area (Å²) in [5.74, 6) is 0.737. The van der Waals surface area contributed by atoms with Gasteiger partial charge in [0.1, 0.15) is 0 Å². The van der Waals surface area contributed by atoms with Gasteiger partial charge in [0.2, 0.25) is 0 Å². The predicted octanol–water partition coefficient (Wildman–Crippen LogP) is 2.15. The van der Waals surface area contributed by atoms with Crippen molar-refractivity contribution in [1.29, 1.82) is 0 Å². The third kappa shape index (κ3) is 1.51. The average Bonchev–Trinajstić information content (AvgIpc) is 2.54. The highest BCUT2D eigenvalue weighted by Gasteiger charge is 2.21. The van der Waals surface area contributed by atoms with E-state index in [0.717, 1.165) is 12.5 Å². The molecule has 1 aliphatic rings. The topological polar surface area (TPSA) is 12.0 Å². The van der Waals surface area contributed by atoms with Crippen LogP contribution in [-0.4, -0.2) is 12.6 Å². The Bertz CT molecular complexity index is 242. The second kappa shape index (κ2) is 3.28. The molecule has 0 spiro atoms. The lowest BCUT2D eigenvalue weighted by molar-refractivity contribution is 0.658. The second-order valence-corrected chi connectivity index (χ2v) is 3.65. The SMILES string of the molecule is CC1C[C@H](c2ccccc2)CN1. The molecule has 0 amide bonds. The molecule has 0 aromatic heterocycles. The van der Waals surface area contributed by atoms with Crippen LogP contribution < -0.4 is 5.32 Å². The molecule has 0 radical (unpaired) electrons. The average molecular weight is 161 g/mol. The molecule has 1 unspecified atom stereocenters. The summed E-state index contributed by atoms with van der Waals surface area (Å²) in [4.78, 5) is 0. The Hall–Kier alpha value is -0.820. The lowest BCUT2D eigenvalue weighted by Gasteiger charge is -2.07. The molecule has 1 heteroatoms. The van der Waals surface area contributed by atoms with Crippen LogP contribution in [0.5, 0.6) is 0 Å².